The highest BCUT2D eigenvalue weighted by Gasteiger charge is 2.32. The van der Waals surface area contributed by atoms with Gasteiger partial charge in [0.05, 0.1) is 23.1 Å². The van der Waals surface area contributed by atoms with Crippen LogP contribution in [0.4, 0.5) is 11.4 Å². The topological polar surface area (TPSA) is 58.8 Å². The number of nitrogens with two attached hydrogens (primary N) is 1. The van der Waals surface area contributed by atoms with Gasteiger partial charge in [-0.25, -0.2) is 0 Å². The molecular formula is C16H25N3O2. The highest BCUT2D eigenvalue weighted by atomic mass is 16.5. The van der Waals surface area contributed by atoms with Crippen LogP contribution in [0.5, 0.6) is 0 Å². The molecule has 116 valence electrons. The Balaban J connectivity index is 2.27. The summed E-state index contributed by atoms with van der Waals surface area (Å²) in [6.07, 6.45) is 0.149. The molecule has 0 bridgehead atoms. The molecule has 2 N–H and O–H groups in total. The molecule has 1 heterocycles. The maximum atomic E-state index is 12.0. The van der Waals surface area contributed by atoms with E-state index in [-0.39, 0.29) is 17.6 Å². The van der Waals surface area contributed by atoms with Crippen LogP contribution in [-0.4, -0.2) is 49.7 Å². The van der Waals surface area contributed by atoms with Gasteiger partial charge in [-0.2, -0.15) is 0 Å². The maximum Gasteiger partial charge on any atom is 0.253 e. The zero-order valence-corrected chi connectivity index (χ0v) is 13.5. The highest BCUT2D eigenvalue weighted by molar-refractivity contribution is 5.95. The molecule has 1 fully saturated rings. The Bertz CT molecular complexity index is 540. The third-order valence-electron chi connectivity index (χ3n) is 3.59. The largest absolute Gasteiger partial charge is 0.397 e. The van der Waals surface area contributed by atoms with Crippen molar-refractivity contribution in [2.75, 3.05) is 37.8 Å². The Morgan fingerprint density at radius 3 is 2.62 bits per heavy atom. The smallest absolute Gasteiger partial charge is 0.253 e. The Kier molecular flexibility index (Phi) is 4.14. The molecule has 5 nitrogen and oxygen atoms in total. The number of hydrogen-bond donors (Lipinski definition) is 1. The molecule has 1 aromatic carbocycles. The zero-order chi connectivity index (χ0) is 15.8. The van der Waals surface area contributed by atoms with E-state index in [0.717, 1.165) is 18.8 Å². The Hall–Kier alpha value is -1.75. The lowest BCUT2D eigenvalue weighted by molar-refractivity contribution is -0.0749. The minimum atomic E-state index is -0.206. The first-order valence-electron chi connectivity index (χ1n) is 7.23. The van der Waals surface area contributed by atoms with Crippen molar-refractivity contribution in [2.45, 2.75) is 32.5 Å². The predicted molar refractivity (Wildman–Crippen MR) is 85.7 cm³/mol. The van der Waals surface area contributed by atoms with E-state index in [4.69, 9.17) is 10.5 Å². The van der Waals surface area contributed by atoms with E-state index in [1.54, 1.807) is 25.1 Å². The molecule has 5 heteroatoms. The quantitative estimate of drug-likeness (QED) is 0.846. The van der Waals surface area contributed by atoms with Gasteiger partial charge in [0.25, 0.3) is 5.91 Å². The van der Waals surface area contributed by atoms with E-state index in [1.165, 1.54) is 0 Å². The summed E-state index contributed by atoms with van der Waals surface area (Å²) in [5.41, 5.74) is 8.18. The van der Waals surface area contributed by atoms with E-state index in [0.29, 0.717) is 11.3 Å². The van der Waals surface area contributed by atoms with Crippen LogP contribution in [-0.2, 0) is 4.74 Å². The molecule has 0 saturated carbocycles. The summed E-state index contributed by atoms with van der Waals surface area (Å²) in [6, 6.07) is 5.52. The van der Waals surface area contributed by atoms with Crippen LogP contribution >= 0.6 is 0 Å². The summed E-state index contributed by atoms with van der Waals surface area (Å²) in [7, 11) is 3.47. The number of carbonyl (C=O) groups excluding carboxylic acids is 1. The second-order valence-electron chi connectivity index (χ2n) is 6.54. The molecule has 0 aromatic heterocycles. The van der Waals surface area contributed by atoms with Crippen LogP contribution in [0.15, 0.2) is 18.2 Å². The number of nitrogen functional groups attached to an aromatic ring is 1. The monoisotopic (exact) mass is 291 g/mol. The van der Waals surface area contributed by atoms with Crippen molar-refractivity contribution in [3.05, 3.63) is 23.8 Å². The van der Waals surface area contributed by atoms with Crippen molar-refractivity contribution >= 4 is 17.3 Å². The second-order valence-corrected chi connectivity index (χ2v) is 6.54. The number of ether oxygens (including phenoxy) is 1. The second kappa shape index (κ2) is 5.56. The Morgan fingerprint density at radius 2 is 2.10 bits per heavy atom. The average Bonchev–Trinajstić information content (AvgIpc) is 2.34. The molecule has 0 spiro atoms. The first-order chi connectivity index (χ1) is 9.69. The van der Waals surface area contributed by atoms with Crippen molar-refractivity contribution in [3.8, 4) is 0 Å². The maximum absolute atomic E-state index is 12.0. The number of amides is 1. The summed E-state index contributed by atoms with van der Waals surface area (Å²) < 4.78 is 5.92. The van der Waals surface area contributed by atoms with Crippen LogP contribution in [0, 0.1) is 0 Å². The van der Waals surface area contributed by atoms with Gasteiger partial charge in [0, 0.05) is 32.7 Å². The van der Waals surface area contributed by atoms with Gasteiger partial charge in [0.1, 0.15) is 0 Å². The van der Waals surface area contributed by atoms with Gasteiger partial charge in [-0.1, -0.05) is 0 Å². The number of hydrogen-bond acceptors (Lipinski definition) is 4. The van der Waals surface area contributed by atoms with E-state index < -0.39 is 0 Å². The summed E-state index contributed by atoms with van der Waals surface area (Å²) in [6.45, 7) is 7.80. The van der Waals surface area contributed by atoms with Crippen molar-refractivity contribution in [1.29, 1.82) is 0 Å². The molecule has 1 saturated heterocycles. The number of morpholine rings is 1. The molecule has 2 rings (SSSR count). The molecular weight excluding hydrogens is 266 g/mol. The fourth-order valence-corrected chi connectivity index (χ4v) is 2.87. The molecule has 1 amide bonds. The number of benzene rings is 1. The summed E-state index contributed by atoms with van der Waals surface area (Å²) in [5, 5.41) is 0. The van der Waals surface area contributed by atoms with Crippen molar-refractivity contribution < 1.29 is 9.53 Å². The first kappa shape index (κ1) is 15.6. The number of nitrogens with zero attached hydrogens (tertiary/aromatic N) is 2. The molecule has 1 aliphatic heterocycles. The summed E-state index contributed by atoms with van der Waals surface area (Å²) in [4.78, 5) is 15.8. The molecule has 21 heavy (non-hydrogen) atoms. The third-order valence-corrected chi connectivity index (χ3v) is 3.59. The minimum absolute atomic E-state index is 0.0380. The minimum Gasteiger partial charge on any atom is -0.397 e. The van der Waals surface area contributed by atoms with Crippen LogP contribution in [0.2, 0.25) is 0 Å². The van der Waals surface area contributed by atoms with Crippen LogP contribution in [0.3, 0.4) is 0 Å². The standard InChI is InChI=1S/C16H25N3O2/c1-11-9-19(10-16(2,3)21-11)14-7-6-12(8-13(14)17)15(20)18(4)5/h6-8,11H,9-10,17H2,1-5H3. The molecule has 0 aliphatic carbocycles. The zero-order valence-electron chi connectivity index (χ0n) is 13.5. The lowest BCUT2D eigenvalue weighted by Gasteiger charge is -2.43. The lowest BCUT2D eigenvalue weighted by Crippen LogP contribution is -2.52. The van der Waals surface area contributed by atoms with E-state index in [1.807, 2.05) is 12.1 Å². The fourth-order valence-electron chi connectivity index (χ4n) is 2.87. The van der Waals surface area contributed by atoms with Crippen LogP contribution < -0.4 is 10.6 Å². The molecule has 1 aromatic rings. The van der Waals surface area contributed by atoms with Crippen molar-refractivity contribution in [3.63, 3.8) is 0 Å². The van der Waals surface area contributed by atoms with E-state index >= 15 is 0 Å². The summed E-state index contributed by atoms with van der Waals surface area (Å²) >= 11 is 0. The van der Waals surface area contributed by atoms with Gasteiger partial charge in [-0.05, 0) is 39.0 Å². The Labute approximate surface area is 126 Å². The van der Waals surface area contributed by atoms with E-state index in [9.17, 15) is 4.79 Å². The van der Waals surface area contributed by atoms with Gasteiger partial charge >= 0.3 is 0 Å². The lowest BCUT2D eigenvalue weighted by atomic mass is 10.0. The average molecular weight is 291 g/mol. The SMILES string of the molecule is CC1CN(c2ccc(C(=O)N(C)C)cc2N)CC(C)(C)O1. The molecule has 1 atom stereocenters. The van der Waals surface area contributed by atoms with Gasteiger partial charge in [0.15, 0.2) is 0 Å². The van der Waals surface area contributed by atoms with Gasteiger partial charge in [-0.3, -0.25) is 4.79 Å². The molecule has 1 aliphatic rings. The van der Waals surface area contributed by atoms with Gasteiger partial charge < -0.3 is 20.3 Å². The highest BCUT2D eigenvalue weighted by Crippen LogP contribution is 2.30. The first-order valence-corrected chi connectivity index (χ1v) is 7.23. The number of carbonyl (C=O) groups is 1. The van der Waals surface area contributed by atoms with Gasteiger partial charge in [0.2, 0.25) is 0 Å². The molecule has 0 radical (unpaired) electrons. The van der Waals surface area contributed by atoms with Gasteiger partial charge in [-0.15, -0.1) is 0 Å². The predicted octanol–water partition coefficient (Wildman–Crippen LogP) is 1.97. The number of rotatable bonds is 2. The van der Waals surface area contributed by atoms with Crippen molar-refractivity contribution in [1.82, 2.24) is 4.90 Å². The van der Waals surface area contributed by atoms with Crippen LogP contribution in [0.1, 0.15) is 31.1 Å². The summed E-state index contributed by atoms with van der Waals surface area (Å²) in [5.74, 6) is -0.0380. The van der Waals surface area contributed by atoms with E-state index in [2.05, 4.69) is 25.7 Å². The van der Waals surface area contributed by atoms with Crippen LogP contribution in [0.25, 0.3) is 0 Å². The Morgan fingerprint density at radius 1 is 1.43 bits per heavy atom. The van der Waals surface area contributed by atoms with Crippen molar-refractivity contribution in [2.24, 2.45) is 0 Å². The number of anilines is 2. The molecule has 1 unspecified atom stereocenters. The normalized spacial score (nSPS) is 21.2. The fraction of sp³-hybridized carbons (Fsp3) is 0.562. The third kappa shape index (κ3) is 3.47.